The van der Waals surface area contributed by atoms with E-state index in [1.807, 2.05) is 26.0 Å². The molecular formula is C23H31N5O. The molecule has 6 heteroatoms. The van der Waals surface area contributed by atoms with E-state index >= 15 is 0 Å². The Hall–Kier alpha value is -2.89. The van der Waals surface area contributed by atoms with Crippen molar-refractivity contribution in [3.63, 3.8) is 0 Å². The van der Waals surface area contributed by atoms with Crippen LogP contribution in [0.2, 0.25) is 0 Å². The Bertz CT molecular complexity index is 1170. The number of aromatic amines is 1. The van der Waals surface area contributed by atoms with E-state index < -0.39 is 0 Å². The van der Waals surface area contributed by atoms with Gasteiger partial charge in [-0.05, 0) is 49.9 Å². The highest BCUT2D eigenvalue weighted by atomic mass is 16.1. The van der Waals surface area contributed by atoms with Gasteiger partial charge in [-0.25, -0.2) is 9.98 Å². The normalized spacial score (nSPS) is 12.5. The number of aromatic nitrogens is 3. The zero-order chi connectivity index (χ0) is 21.3. The summed E-state index contributed by atoms with van der Waals surface area (Å²) in [5, 5.41) is 4.24. The number of nitrogens with one attached hydrogen (secondary N) is 1. The minimum Gasteiger partial charge on any atom is -0.372 e. The molecule has 0 unspecified atom stereocenters. The molecule has 0 bridgehead atoms. The van der Waals surface area contributed by atoms with E-state index in [0.717, 1.165) is 30.0 Å². The van der Waals surface area contributed by atoms with Crippen LogP contribution in [0.5, 0.6) is 0 Å². The topological polar surface area (TPSA) is 65.8 Å². The van der Waals surface area contributed by atoms with Crippen molar-refractivity contribution < 1.29 is 0 Å². The molecule has 0 saturated heterocycles. The van der Waals surface area contributed by atoms with Crippen molar-refractivity contribution in [1.82, 2.24) is 14.6 Å². The molecule has 2 heterocycles. The van der Waals surface area contributed by atoms with Gasteiger partial charge in [0.2, 0.25) is 0 Å². The first-order valence-corrected chi connectivity index (χ1v) is 10.4. The van der Waals surface area contributed by atoms with Gasteiger partial charge in [-0.2, -0.15) is 4.52 Å². The Morgan fingerprint density at radius 3 is 2.24 bits per heavy atom. The van der Waals surface area contributed by atoms with Gasteiger partial charge >= 0.3 is 0 Å². The fourth-order valence-corrected chi connectivity index (χ4v) is 3.69. The van der Waals surface area contributed by atoms with Gasteiger partial charge in [-0.15, -0.1) is 0 Å². The van der Waals surface area contributed by atoms with Gasteiger partial charge in [0.1, 0.15) is 5.36 Å². The molecule has 2 aromatic heterocycles. The van der Waals surface area contributed by atoms with Crippen LogP contribution in [0.25, 0.3) is 12.2 Å². The van der Waals surface area contributed by atoms with E-state index in [1.54, 1.807) is 0 Å². The number of rotatable bonds is 6. The van der Waals surface area contributed by atoms with Crippen molar-refractivity contribution in [1.29, 1.82) is 0 Å². The smallest absolute Gasteiger partial charge is 0.276 e. The number of anilines is 1. The zero-order valence-corrected chi connectivity index (χ0v) is 18.3. The molecule has 0 saturated carbocycles. The van der Waals surface area contributed by atoms with E-state index in [2.05, 4.69) is 56.4 Å². The van der Waals surface area contributed by atoms with Crippen LogP contribution in [0.1, 0.15) is 64.6 Å². The highest BCUT2D eigenvalue weighted by Crippen LogP contribution is 2.22. The highest BCUT2D eigenvalue weighted by Gasteiger charge is 2.19. The first kappa shape index (κ1) is 20.8. The average Bonchev–Trinajstić information content (AvgIpc) is 2.99. The summed E-state index contributed by atoms with van der Waals surface area (Å²) in [5.41, 5.74) is 4.00. The summed E-state index contributed by atoms with van der Waals surface area (Å²) in [6.45, 7) is 18.4. The summed E-state index contributed by atoms with van der Waals surface area (Å²) in [4.78, 5) is 25.0. The second kappa shape index (κ2) is 8.23. The van der Waals surface area contributed by atoms with Crippen LogP contribution in [0.15, 0.2) is 34.1 Å². The Kier molecular flexibility index (Phi) is 5.91. The lowest BCUT2D eigenvalue weighted by Crippen LogP contribution is -2.25. The van der Waals surface area contributed by atoms with Gasteiger partial charge in [0.25, 0.3) is 5.56 Å². The Labute approximate surface area is 171 Å². The minimum absolute atomic E-state index is 0.0723. The lowest BCUT2D eigenvalue weighted by Gasteiger charge is -2.20. The van der Waals surface area contributed by atoms with E-state index in [1.165, 1.54) is 10.2 Å². The largest absolute Gasteiger partial charge is 0.372 e. The predicted molar refractivity (Wildman–Crippen MR) is 120 cm³/mol. The summed E-state index contributed by atoms with van der Waals surface area (Å²) in [7, 11) is 0. The third-order valence-corrected chi connectivity index (χ3v) is 5.24. The van der Waals surface area contributed by atoms with Crippen molar-refractivity contribution >= 4 is 23.6 Å². The van der Waals surface area contributed by atoms with Crippen LogP contribution in [0.4, 0.5) is 11.4 Å². The van der Waals surface area contributed by atoms with Crippen LogP contribution in [-0.2, 0) is 0 Å². The molecule has 0 aliphatic heterocycles. The van der Waals surface area contributed by atoms with Crippen LogP contribution >= 0.6 is 0 Å². The van der Waals surface area contributed by atoms with Gasteiger partial charge in [0, 0.05) is 24.3 Å². The number of benzene rings is 1. The van der Waals surface area contributed by atoms with Crippen molar-refractivity contribution in [3.05, 3.63) is 56.6 Å². The van der Waals surface area contributed by atoms with Crippen LogP contribution in [-0.4, -0.2) is 27.7 Å². The van der Waals surface area contributed by atoms with Crippen molar-refractivity contribution in [2.24, 2.45) is 4.99 Å². The number of hydrogen-bond acceptors (Lipinski definition) is 4. The number of H-pyrrole nitrogens is 1. The second-order valence-electron chi connectivity index (χ2n) is 7.92. The summed E-state index contributed by atoms with van der Waals surface area (Å²) in [6.07, 6.45) is 0. The van der Waals surface area contributed by atoms with E-state index in [-0.39, 0.29) is 17.4 Å². The molecule has 3 rings (SSSR count). The molecule has 0 fully saturated rings. The lowest BCUT2D eigenvalue weighted by atomic mass is 9.96. The molecule has 0 aliphatic carbocycles. The predicted octanol–water partition coefficient (Wildman–Crippen LogP) is 3.48. The molecule has 6 nitrogen and oxygen atoms in total. The highest BCUT2D eigenvalue weighted by molar-refractivity contribution is 5.53. The summed E-state index contributed by atoms with van der Waals surface area (Å²) < 4.78 is 1.48. The third-order valence-electron chi connectivity index (χ3n) is 5.24. The molecular weight excluding hydrogens is 362 g/mol. The first-order valence-electron chi connectivity index (χ1n) is 10.4. The zero-order valence-electron chi connectivity index (χ0n) is 18.3. The van der Waals surface area contributed by atoms with Gasteiger partial charge in [-0.1, -0.05) is 34.3 Å². The van der Waals surface area contributed by atoms with Crippen molar-refractivity contribution in [2.45, 2.75) is 53.4 Å². The quantitative estimate of drug-likeness (QED) is 0.697. The Morgan fingerprint density at radius 2 is 1.72 bits per heavy atom. The molecule has 0 radical (unpaired) electrons. The molecule has 29 heavy (non-hydrogen) atoms. The van der Waals surface area contributed by atoms with Crippen molar-refractivity contribution in [2.75, 3.05) is 18.0 Å². The van der Waals surface area contributed by atoms with E-state index in [9.17, 15) is 4.79 Å². The second-order valence-corrected chi connectivity index (χ2v) is 7.92. The summed E-state index contributed by atoms with van der Waals surface area (Å²) in [6, 6.07) is 8.11. The number of hydrogen-bond donors (Lipinski definition) is 1. The monoisotopic (exact) mass is 393 g/mol. The summed E-state index contributed by atoms with van der Waals surface area (Å²) >= 11 is 0. The fourth-order valence-electron chi connectivity index (χ4n) is 3.69. The average molecular weight is 394 g/mol. The van der Waals surface area contributed by atoms with Gasteiger partial charge in [0.05, 0.1) is 16.7 Å². The van der Waals surface area contributed by atoms with Crippen LogP contribution in [0.3, 0.4) is 0 Å². The fraction of sp³-hybridized carbons (Fsp3) is 0.435. The first-order chi connectivity index (χ1) is 13.8. The summed E-state index contributed by atoms with van der Waals surface area (Å²) in [5.74, 6) is 0.239. The maximum Gasteiger partial charge on any atom is 0.276 e. The molecule has 0 aliphatic rings. The molecule has 1 N–H and O–H groups in total. The molecule has 0 atom stereocenters. The third kappa shape index (κ3) is 3.84. The van der Waals surface area contributed by atoms with Gasteiger partial charge < -0.3 is 4.90 Å². The molecule has 3 aromatic rings. The molecule has 1 aromatic carbocycles. The van der Waals surface area contributed by atoms with Crippen LogP contribution in [0, 0.1) is 0 Å². The maximum atomic E-state index is 13.1. The Morgan fingerprint density at radius 1 is 1.10 bits per heavy atom. The molecule has 154 valence electrons. The van der Waals surface area contributed by atoms with Crippen molar-refractivity contribution in [3.8, 4) is 0 Å². The number of fused-ring (bicyclic) bond motifs is 1. The van der Waals surface area contributed by atoms with Gasteiger partial charge in [-0.3, -0.25) is 9.89 Å². The number of nitrogens with zero attached hydrogens (tertiary/aromatic N) is 4. The molecule has 0 amide bonds. The lowest BCUT2D eigenvalue weighted by molar-refractivity contribution is 0.720. The van der Waals surface area contributed by atoms with E-state index in [4.69, 9.17) is 9.98 Å². The minimum atomic E-state index is -0.0723. The van der Waals surface area contributed by atoms with Crippen LogP contribution < -0.4 is 21.2 Å². The molecule has 0 spiro atoms. The Balaban J connectivity index is 2.21. The van der Waals surface area contributed by atoms with E-state index in [0.29, 0.717) is 16.4 Å². The standard InChI is InChI=1S/C23H31N5O/c1-8-27(9-2)18-12-10-17(11-13-18)24-21-16(7)26-28-22(21)25-20(15(5)6)19(14(3)4)23(28)29/h10-15,26H,7-9H2,1-6H3. The maximum absolute atomic E-state index is 13.1. The van der Waals surface area contributed by atoms with Gasteiger partial charge in [0.15, 0.2) is 5.65 Å². The SMILES string of the molecule is C=c1[nH]n2c(=O)c(C(C)C)c(C(C)C)nc2c1=Nc1ccc(N(CC)CC)cc1.